The largest absolute Gasteiger partial charge is 0.390 e. The maximum Gasteiger partial charge on any atom is 0.390 e. The second-order valence-electron chi connectivity index (χ2n) is 4.25. The minimum atomic E-state index is -4.14. The van der Waals surface area contributed by atoms with Crippen LogP contribution < -0.4 is 5.32 Å². The summed E-state index contributed by atoms with van der Waals surface area (Å²) in [5, 5.41) is 4.99. The smallest absolute Gasteiger partial charge is 0.314 e. The number of hydrogen-bond donors (Lipinski definition) is 1. The lowest BCUT2D eigenvalue weighted by atomic mass is 10.1. The number of rotatable bonds is 3. The average Bonchev–Trinajstić information content (AvgIpc) is 2.72. The van der Waals surface area contributed by atoms with E-state index in [2.05, 4.69) is 21.2 Å². The van der Waals surface area contributed by atoms with Gasteiger partial charge in [-0.15, -0.1) is 11.3 Å². The molecule has 0 radical (unpaired) electrons. The number of nitrogens with zero attached hydrogens (tertiary/aromatic N) is 1. The van der Waals surface area contributed by atoms with Crippen LogP contribution in [0.25, 0.3) is 0 Å². The summed E-state index contributed by atoms with van der Waals surface area (Å²) >= 11 is 4.72. The summed E-state index contributed by atoms with van der Waals surface area (Å²) in [6, 6.07) is 1.24. The van der Waals surface area contributed by atoms with Crippen molar-refractivity contribution in [2.24, 2.45) is 0 Å². The van der Waals surface area contributed by atoms with Crippen LogP contribution in [0.5, 0.6) is 0 Å². The molecule has 0 aromatic carbocycles. The normalized spacial score (nSPS) is 20.0. The monoisotopic (exact) mass is 342 g/mol. The molecule has 1 atom stereocenters. The van der Waals surface area contributed by atoms with Gasteiger partial charge in [-0.2, -0.15) is 13.2 Å². The van der Waals surface area contributed by atoms with Gasteiger partial charge < -0.3 is 5.32 Å². The fraction of sp³-hybridized carbons (Fsp3) is 0.636. The number of piperazine rings is 1. The topological polar surface area (TPSA) is 15.3 Å². The third kappa shape index (κ3) is 3.69. The van der Waals surface area contributed by atoms with Crippen molar-refractivity contribution in [2.75, 3.05) is 26.2 Å². The molecule has 1 saturated heterocycles. The summed E-state index contributed by atoms with van der Waals surface area (Å²) in [5.41, 5.74) is 0. The molecule has 1 aromatic heterocycles. The Bertz CT molecular complexity index is 388. The lowest BCUT2D eigenvalue weighted by molar-refractivity contribution is -0.148. The molecule has 2 rings (SSSR count). The van der Waals surface area contributed by atoms with Gasteiger partial charge in [-0.3, -0.25) is 4.90 Å². The molecule has 0 saturated carbocycles. The second kappa shape index (κ2) is 5.90. The van der Waals surface area contributed by atoms with Gasteiger partial charge in [0.25, 0.3) is 0 Å². The molecule has 2 nitrogen and oxygen atoms in total. The molecule has 1 aliphatic heterocycles. The highest BCUT2D eigenvalue weighted by Crippen LogP contribution is 2.39. The first kappa shape index (κ1) is 14.3. The Labute approximate surface area is 116 Å². The van der Waals surface area contributed by atoms with Crippen molar-refractivity contribution in [3.8, 4) is 0 Å². The van der Waals surface area contributed by atoms with E-state index >= 15 is 0 Å². The lowest BCUT2D eigenvalue weighted by Gasteiger charge is -2.35. The zero-order chi connectivity index (χ0) is 13.2. The van der Waals surface area contributed by atoms with Gasteiger partial charge >= 0.3 is 6.18 Å². The van der Waals surface area contributed by atoms with Crippen molar-refractivity contribution in [2.45, 2.75) is 18.6 Å². The molecule has 0 amide bonds. The van der Waals surface area contributed by atoms with Gasteiger partial charge in [0.1, 0.15) is 0 Å². The molecule has 0 spiro atoms. The van der Waals surface area contributed by atoms with Gasteiger partial charge in [-0.05, 0) is 27.4 Å². The fourth-order valence-corrected chi connectivity index (χ4v) is 3.92. The molecule has 0 aliphatic carbocycles. The first-order chi connectivity index (χ1) is 8.47. The van der Waals surface area contributed by atoms with Crippen LogP contribution >= 0.6 is 27.3 Å². The highest BCUT2D eigenvalue weighted by atomic mass is 79.9. The molecule has 1 aliphatic rings. The van der Waals surface area contributed by atoms with Crippen molar-refractivity contribution in [3.63, 3.8) is 0 Å². The summed E-state index contributed by atoms with van der Waals surface area (Å²) in [6.45, 7) is 2.81. The number of thiophene rings is 1. The summed E-state index contributed by atoms with van der Waals surface area (Å²) in [6.07, 6.45) is -4.93. The van der Waals surface area contributed by atoms with E-state index in [0.29, 0.717) is 13.1 Å². The zero-order valence-electron chi connectivity index (χ0n) is 9.63. The molecule has 1 N–H and O–H groups in total. The summed E-state index contributed by atoms with van der Waals surface area (Å²) in [5.74, 6) is 0. The van der Waals surface area contributed by atoms with Gasteiger partial charge in [0, 0.05) is 35.5 Å². The number of halogens is 4. The van der Waals surface area contributed by atoms with Crippen molar-refractivity contribution < 1.29 is 13.2 Å². The quantitative estimate of drug-likeness (QED) is 0.905. The van der Waals surface area contributed by atoms with Crippen LogP contribution in [0.15, 0.2) is 15.9 Å². The Morgan fingerprint density at radius 2 is 2.06 bits per heavy atom. The molecular formula is C11H14BrF3N2S. The van der Waals surface area contributed by atoms with Gasteiger partial charge in [-0.25, -0.2) is 0 Å². The highest BCUT2D eigenvalue weighted by molar-refractivity contribution is 9.10. The van der Waals surface area contributed by atoms with E-state index in [1.54, 1.807) is 0 Å². The van der Waals surface area contributed by atoms with Crippen LogP contribution in [0.1, 0.15) is 17.3 Å². The Balaban J connectivity index is 2.19. The van der Waals surface area contributed by atoms with Crippen LogP contribution in [-0.4, -0.2) is 37.3 Å². The predicted molar refractivity (Wildman–Crippen MR) is 69.9 cm³/mol. The number of alkyl halides is 3. The summed E-state index contributed by atoms with van der Waals surface area (Å²) < 4.78 is 39.0. The Hall–Kier alpha value is -0.110. The Morgan fingerprint density at radius 1 is 1.39 bits per heavy atom. The SMILES string of the molecule is FC(F)(F)C[C@@H](c1sccc1Br)N1CCNCC1. The number of nitrogens with one attached hydrogen (secondary N) is 1. The number of hydrogen-bond acceptors (Lipinski definition) is 3. The molecule has 102 valence electrons. The second-order valence-corrected chi connectivity index (χ2v) is 6.06. The van der Waals surface area contributed by atoms with E-state index in [1.807, 2.05) is 16.3 Å². The lowest BCUT2D eigenvalue weighted by Crippen LogP contribution is -2.46. The van der Waals surface area contributed by atoms with E-state index in [1.165, 1.54) is 11.3 Å². The Kier molecular flexibility index (Phi) is 4.69. The van der Waals surface area contributed by atoms with Gasteiger partial charge in [0.05, 0.1) is 12.5 Å². The third-order valence-electron chi connectivity index (χ3n) is 2.96. The highest BCUT2D eigenvalue weighted by Gasteiger charge is 2.37. The first-order valence-corrected chi connectivity index (χ1v) is 7.39. The maximum absolute atomic E-state index is 12.7. The van der Waals surface area contributed by atoms with Crippen LogP contribution in [0.4, 0.5) is 13.2 Å². The average molecular weight is 343 g/mol. The maximum atomic E-state index is 12.7. The van der Waals surface area contributed by atoms with Crippen LogP contribution in [0.3, 0.4) is 0 Å². The van der Waals surface area contributed by atoms with E-state index in [9.17, 15) is 13.2 Å². The van der Waals surface area contributed by atoms with Crippen molar-refractivity contribution in [1.29, 1.82) is 0 Å². The molecule has 2 heterocycles. The van der Waals surface area contributed by atoms with Gasteiger partial charge in [0.2, 0.25) is 0 Å². The van der Waals surface area contributed by atoms with Gasteiger partial charge in [-0.1, -0.05) is 0 Å². The van der Waals surface area contributed by atoms with E-state index in [4.69, 9.17) is 0 Å². The van der Waals surface area contributed by atoms with Crippen LogP contribution in [0.2, 0.25) is 0 Å². The van der Waals surface area contributed by atoms with E-state index in [0.717, 1.165) is 22.4 Å². The Morgan fingerprint density at radius 3 is 2.56 bits per heavy atom. The third-order valence-corrected chi connectivity index (χ3v) is 4.94. The predicted octanol–water partition coefficient (Wildman–Crippen LogP) is 3.41. The molecule has 0 unspecified atom stereocenters. The molecule has 1 aromatic rings. The van der Waals surface area contributed by atoms with Crippen molar-refractivity contribution >= 4 is 27.3 Å². The minimum absolute atomic E-state index is 0.568. The van der Waals surface area contributed by atoms with Crippen LogP contribution in [-0.2, 0) is 0 Å². The summed E-state index contributed by atoms with van der Waals surface area (Å²) in [7, 11) is 0. The first-order valence-electron chi connectivity index (χ1n) is 5.72. The summed E-state index contributed by atoms with van der Waals surface area (Å²) in [4.78, 5) is 2.69. The molecular weight excluding hydrogens is 329 g/mol. The molecule has 0 bridgehead atoms. The molecule has 7 heteroatoms. The zero-order valence-corrected chi connectivity index (χ0v) is 12.0. The van der Waals surface area contributed by atoms with Crippen molar-refractivity contribution in [1.82, 2.24) is 10.2 Å². The van der Waals surface area contributed by atoms with E-state index in [-0.39, 0.29) is 0 Å². The minimum Gasteiger partial charge on any atom is -0.314 e. The van der Waals surface area contributed by atoms with Crippen molar-refractivity contribution in [3.05, 3.63) is 20.8 Å². The fourth-order valence-electron chi connectivity index (χ4n) is 2.14. The van der Waals surface area contributed by atoms with Crippen LogP contribution in [0, 0.1) is 0 Å². The van der Waals surface area contributed by atoms with Gasteiger partial charge in [0.15, 0.2) is 0 Å². The van der Waals surface area contributed by atoms with E-state index < -0.39 is 18.6 Å². The molecule has 18 heavy (non-hydrogen) atoms. The standard InChI is InChI=1S/C11H14BrF3N2S/c12-8-1-6-18-10(8)9(7-11(13,14)15)17-4-2-16-3-5-17/h1,6,9,16H,2-5,7H2/t9-/m0/s1. The molecule has 1 fully saturated rings.